The molecule has 8 heteroatoms. The van der Waals surface area contributed by atoms with Gasteiger partial charge in [0.05, 0.1) is 10.6 Å². The van der Waals surface area contributed by atoms with E-state index < -0.39 is 33.8 Å². The van der Waals surface area contributed by atoms with Crippen molar-refractivity contribution in [1.29, 1.82) is 0 Å². The zero-order valence-corrected chi connectivity index (χ0v) is 13.4. The van der Waals surface area contributed by atoms with Crippen molar-refractivity contribution in [2.75, 3.05) is 5.75 Å². The normalized spacial score (nSPS) is 17.6. The average Bonchev–Trinajstić information content (AvgIpc) is 2.53. The summed E-state index contributed by atoms with van der Waals surface area (Å²) < 4.78 is 67.4. The van der Waals surface area contributed by atoms with Gasteiger partial charge in [-0.25, -0.2) is 12.8 Å². The van der Waals surface area contributed by atoms with Gasteiger partial charge in [-0.1, -0.05) is 18.2 Å². The number of carbonyl (C=O) groups excluding carboxylic acids is 1. The number of fused-ring (bicyclic) bond motifs is 1. The third-order valence-corrected chi connectivity index (χ3v) is 5.34. The van der Waals surface area contributed by atoms with Crippen molar-refractivity contribution >= 4 is 21.7 Å². The van der Waals surface area contributed by atoms with Crippen LogP contribution in [0.2, 0.25) is 0 Å². The lowest BCUT2D eigenvalue weighted by atomic mass is 10.0. The molecule has 0 fully saturated rings. The number of rotatable bonds is 3. The first-order valence-electron chi connectivity index (χ1n) is 7.09. The number of sulfone groups is 1. The van der Waals surface area contributed by atoms with E-state index in [1.165, 1.54) is 30.3 Å². The first kappa shape index (κ1) is 17.2. The van der Waals surface area contributed by atoms with Gasteiger partial charge < -0.3 is 4.74 Å². The molecule has 0 aliphatic carbocycles. The molecule has 0 bridgehead atoms. The molecular formula is C17H11F3O4S. The van der Waals surface area contributed by atoms with Gasteiger partial charge in [0.15, 0.2) is 15.6 Å². The summed E-state index contributed by atoms with van der Waals surface area (Å²) in [4.78, 5) is 12.3. The van der Waals surface area contributed by atoms with Crippen molar-refractivity contribution in [2.24, 2.45) is 0 Å². The molecule has 25 heavy (non-hydrogen) atoms. The Labute approximate surface area is 141 Å². The maximum absolute atomic E-state index is 13.4. The number of benzene rings is 2. The van der Waals surface area contributed by atoms with Crippen molar-refractivity contribution in [1.82, 2.24) is 0 Å². The molecule has 2 aromatic carbocycles. The van der Waals surface area contributed by atoms with Gasteiger partial charge >= 0.3 is 6.61 Å². The number of ketones is 1. The molecule has 0 atom stereocenters. The zero-order chi connectivity index (χ0) is 18.2. The molecular weight excluding hydrogens is 357 g/mol. The maximum atomic E-state index is 13.4. The van der Waals surface area contributed by atoms with Gasteiger partial charge in [0.1, 0.15) is 11.6 Å². The first-order valence-corrected chi connectivity index (χ1v) is 8.74. The minimum atomic E-state index is -3.84. The largest absolute Gasteiger partial charge is 0.434 e. The summed E-state index contributed by atoms with van der Waals surface area (Å²) in [7, 11) is -3.84. The summed E-state index contributed by atoms with van der Waals surface area (Å²) in [5.74, 6) is -2.21. The molecule has 3 rings (SSSR count). The van der Waals surface area contributed by atoms with E-state index in [1.807, 2.05) is 0 Å². The highest BCUT2D eigenvalue weighted by Crippen LogP contribution is 2.31. The van der Waals surface area contributed by atoms with Crippen LogP contribution < -0.4 is 4.74 Å². The molecule has 1 aliphatic heterocycles. The number of halogens is 3. The molecule has 0 amide bonds. The topological polar surface area (TPSA) is 60.4 Å². The SMILES string of the molecule is O=C1/C(=C\c2ccccc2OC(F)F)CS(=O)(=O)c2ccc(F)cc21. The van der Waals surface area contributed by atoms with E-state index in [1.54, 1.807) is 0 Å². The maximum Gasteiger partial charge on any atom is 0.387 e. The predicted octanol–water partition coefficient (Wildman–Crippen LogP) is 3.48. The molecule has 1 aliphatic rings. The summed E-state index contributed by atoms with van der Waals surface area (Å²) in [6.45, 7) is -3.07. The van der Waals surface area contributed by atoms with Crippen LogP contribution in [0.5, 0.6) is 5.75 Å². The van der Waals surface area contributed by atoms with Crippen molar-refractivity contribution in [3.05, 3.63) is 65.0 Å². The van der Waals surface area contributed by atoms with Crippen LogP contribution in [0.25, 0.3) is 6.08 Å². The summed E-state index contributed by atoms with van der Waals surface area (Å²) in [5.41, 5.74) is -0.297. The Balaban J connectivity index is 2.11. The van der Waals surface area contributed by atoms with E-state index in [9.17, 15) is 26.4 Å². The molecule has 0 unspecified atom stereocenters. The highest BCUT2D eigenvalue weighted by Gasteiger charge is 2.33. The Morgan fingerprint density at radius 3 is 2.56 bits per heavy atom. The second-order valence-electron chi connectivity index (χ2n) is 5.31. The van der Waals surface area contributed by atoms with E-state index in [2.05, 4.69) is 4.74 Å². The van der Waals surface area contributed by atoms with Crippen molar-refractivity contribution in [2.45, 2.75) is 11.5 Å². The fraction of sp³-hybridized carbons (Fsp3) is 0.118. The molecule has 130 valence electrons. The van der Waals surface area contributed by atoms with E-state index in [0.717, 1.165) is 18.2 Å². The van der Waals surface area contributed by atoms with Gasteiger partial charge in [-0.2, -0.15) is 8.78 Å². The van der Waals surface area contributed by atoms with Crippen molar-refractivity contribution < 1.29 is 31.1 Å². The molecule has 0 aromatic heterocycles. The van der Waals surface area contributed by atoms with E-state index in [-0.39, 0.29) is 27.3 Å². The lowest BCUT2D eigenvalue weighted by Crippen LogP contribution is -2.24. The number of ether oxygens (including phenoxy) is 1. The lowest BCUT2D eigenvalue weighted by molar-refractivity contribution is -0.0499. The van der Waals surface area contributed by atoms with Gasteiger partial charge in [-0.3, -0.25) is 4.79 Å². The minimum Gasteiger partial charge on any atom is -0.434 e. The molecule has 0 saturated carbocycles. The highest BCUT2D eigenvalue weighted by atomic mass is 32.2. The Bertz CT molecular complexity index is 981. The van der Waals surface area contributed by atoms with Crippen LogP contribution in [0.15, 0.2) is 52.9 Å². The Kier molecular flexibility index (Phi) is 4.38. The summed E-state index contributed by atoms with van der Waals surface area (Å²) in [6, 6.07) is 8.53. The van der Waals surface area contributed by atoms with Crippen molar-refractivity contribution in [3.63, 3.8) is 0 Å². The number of hydrogen-bond acceptors (Lipinski definition) is 4. The van der Waals surface area contributed by atoms with Gasteiger partial charge in [0.25, 0.3) is 0 Å². The third kappa shape index (κ3) is 3.43. The number of alkyl halides is 2. The third-order valence-electron chi connectivity index (χ3n) is 3.62. The van der Waals surface area contributed by atoms with E-state index in [0.29, 0.717) is 0 Å². The van der Waals surface area contributed by atoms with Crippen LogP contribution >= 0.6 is 0 Å². The van der Waals surface area contributed by atoms with Crippen LogP contribution in [0, 0.1) is 5.82 Å². The fourth-order valence-corrected chi connectivity index (χ4v) is 4.11. The van der Waals surface area contributed by atoms with E-state index in [4.69, 9.17) is 0 Å². The van der Waals surface area contributed by atoms with Crippen LogP contribution in [0.1, 0.15) is 15.9 Å². The quantitative estimate of drug-likeness (QED) is 0.615. The molecule has 0 saturated heterocycles. The molecule has 1 heterocycles. The second-order valence-corrected chi connectivity index (χ2v) is 7.27. The Morgan fingerprint density at radius 1 is 1.12 bits per heavy atom. The average molecular weight is 368 g/mol. The minimum absolute atomic E-state index is 0.126. The summed E-state index contributed by atoms with van der Waals surface area (Å²) in [5, 5.41) is 0. The summed E-state index contributed by atoms with van der Waals surface area (Å²) in [6.07, 6.45) is 1.17. The number of hydrogen-bond donors (Lipinski definition) is 0. The fourth-order valence-electron chi connectivity index (χ4n) is 2.57. The van der Waals surface area contributed by atoms with Gasteiger partial charge in [-0.05, 0) is 30.3 Å². The highest BCUT2D eigenvalue weighted by molar-refractivity contribution is 7.91. The number of para-hydroxylation sites is 1. The van der Waals surface area contributed by atoms with Gasteiger partial charge in [0.2, 0.25) is 0 Å². The predicted molar refractivity (Wildman–Crippen MR) is 83.8 cm³/mol. The first-order chi connectivity index (χ1) is 11.8. The smallest absolute Gasteiger partial charge is 0.387 e. The van der Waals surface area contributed by atoms with E-state index >= 15 is 0 Å². The van der Waals surface area contributed by atoms with Crippen LogP contribution in [0.4, 0.5) is 13.2 Å². The Morgan fingerprint density at radius 2 is 1.84 bits per heavy atom. The molecule has 0 spiro atoms. The Hall–Kier alpha value is -2.61. The van der Waals surface area contributed by atoms with Crippen molar-refractivity contribution in [3.8, 4) is 5.75 Å². The van der Waals surface area contributed by atoms with Crippen LogP contribution in [-0.2, 0) is 9.84 Å². The monoisotopic (exact) mass is 368 g/mol. The summed E-state index contributed by atoms with van der Waals surface area (Å²) >= 11 is 0. The van der Waals surface area contributed by atoms with Gasteiger partial charge in [-0.15, -0.1) is 0 Å². The molecule has 2 aromatic rings. The second kappa shape index (κ2) is 6.36. The standard InChI is InChI=1S/C17H11F3O4S/c18-12-5-6-15-13(8-12)16(21)11(9-25(15,22)23)7-10-3-1-2-4-14(10)24-17(19)20/h1-8,17H,9H2/b11-7-. The number of carbonyl (C=O) groups is 1. The lowest BCUT2D eigenvalue weighted by Gasteiger charge is -2.18. The van der Waals surface area contributed by atoms with Crippen LogP contribution in [0.3, 0.4) is 0 Å². The molecule has 0 N–H and O–H groups in total. The molecule has 0 radical (unpaired) electrons. The zero-order valence-electron chi connectivity index (χ0n) is 12.6. The van der Waals surface area contributed by atoms with Crippen LogP contribution in [-0.4, -0.2) is 26.6 Å². The number of Topliss-reactive ketones (excluding diaryl/α,β-unsaturated/α-hetero) is 1. The molecule has 4 nitrogen and oxygen atoms in total. The van der Waals surface area contributed by atoms with Gasteiger partial charge in [0, 0.05) is 16.7 Å².